The Labute approximate surface area is 520 Å². The van der Waals surface area contributed by atoms with Gasteiger partial charge in [0.1, 0.15) is 66.1 Å². The van der Waals surface area contributed by atoms with E-state index in [0.29, 0.717) is 12.8 Å². The van der Waals surface area contributed by atoms with Crippen LogP contribution >= 0.6 is 0 Å². The van der Waals surface area contributed by atoms with Crippen molar-refractivity contribution in [1.82, 2.24) is 55.6 Å². The van der Waals surface area contributed by atoms with E-state index >= 15 is 14.4 Å². The Morgan fingerprint density at radius 1 is 0.483 bits per heavy atom. The second-order valence-electron chi connectivity index (χ2n) is 26.5. The van der Waals surface area contributed by atoms with E-state index in [0.717, 1.165) is 14.7 Å². The van der Waals surface area contributed by atoms with E-state index in [4.69, 9.17) is 0 Å². The van der Waals surface area contributed by atoms with Crippen molar-refractivity contribution < 1.29 is 57.8 Å². The number of likely N-dealkylation sites (N-methyl/N-ethyl adjacent to an activating group) is 7. The fourth-order valence-corrected chi connectivity index (χ4v) is 10.8. The fourth-order valence-electron chi connectivity index (χ4n) is 10.8. The lowest BCUT2D eigenvalue weighted by molar-refractivity contribution is -0.157. The van der Waals surface area contributed by atoms with Crippen molar-refractivity contribution in [2.24, 2.45) is 41.4 Å². The third-order valence-electron chi connectivity index (χ3n) is 16.6. The van der Waals surface area contributed by atoms with Gasteiger partial charge in [0.15, 0.2) is 0 Å². The van der Waals surface area contributed by atoms with Crippen LogP contribution in [0.4, 0.5) is 0 Å². The van der Waals surface area contributed by atoms with Crippen LogP contribution in [0.15, 0.2) is 24.4 Å². The largest absolute Gasteiger partial charge is 0.390 e. The van der Waals surface area contributed by atoms with Gasteiger partial charge in [0.2, 0.25) is 59.1 Å². The van der Waals surface area contributed by atoms with E-state index in [2.05, 4.69) is 27.8 Å². The Morgan fingerprint density at radius 2 is 0.931 bits per heavy atom. The van der Waals surface area contributed by atoms with E-state index in [-0.39, 0.29) is 61.5 Å². The van der Waals surface area contributed by atoms with E-state index in [1.165, 1.54) is 82.8 Å². The molecule has 496 valence electrons. The van der Waals surface area contributed by atoms with E-state index in [1.807, 2.05) is 55.4 Å². The number of aliphatic hydroxyl groups excluding tert-OH is 1. The summed E-state index contributed by atoms with van der Waals surface area (Å²) in [5.74, 6) is -9.99. The third-order valence-corrected chi connectivity index (χ3v) is 16.6. The predicted molar refractivity (Wildman–Crippen MR) is 337 cm³/mol. The van der Waals surface area contributed by atoms with Crippen molar-refractivity contribution in [2.45, 2.75) is 229 Å². The topological polar surface area (TPSA) is 279 Å². The molecule has 1 saturated heterocycles. The van der Waals surface area contributed by atoms with Gasteiger partial charge in [-0.3, -0.25) is 52.7 Å². The second-order valence-corrected chi connectivity index (χ2v) is 26.5. The van der Waals surface area contributed by atoms with Gasteiger partial charge in [-0.25, -0.2) is 0 Å². The van der Waals surface area contributed by atoms with Gasteiger partial charge in [-0.1, -0.05) is 116 Å². The van der Waals surface area contributed by atoms with Crippen LogP contribution in [-0.4, -0.2) is 220 Å². The zero-order valence-electron chi connectivity index (χ0n) is 57.3. The van der Waals surface area contributed by atoms with Crippen LogP contribution in [0, 0.1) is 41.4 Å². The van der Waals surface area contributed by atoms with Crippen LogP contribution in [0.3, 0.4) is 0 Å². The molecule has 0 spiro atoms. The average Bonchev–Trinajstić information content (AvgIpc) is 3.35. The first-order chi connectivity index (χ1) is 40.1. The molecule has 0 aromatic heterocycles. The molecule has 1 rings (SSSR count). The number of allylic oxidation sites excluding steroid dienone is 2. The molecular formula is C64H113N11O12. The van der Waals surface area contributed by atoms with Crippen molar-refractivity contribution in [3.8, 4) is 0 Å². The monoisotopic (exact) mass is 1230 g/mol. The van der Waals surface area contributed by atoms with Gasteiger partial charge in [0, 0.05) is 49.3 Å². The lowest BCUT2D eigenvalue weighted by atomic mass is 9.91. The highest BCUT2D eigenvalue weighted by atomic mass is 16.3. The van der Waals surface area contributed by atoms with E-state index in [9.17, 15) is 43.5 Å². The molecule has 11 amide bonds. The van der Waals surface area contributed by atoms with Crippen LogP contribution in [0.1, 0.15) is 163 Å². The molecule has 0 bridgehead atoms. The van der Waals surface area contributed by atoms with Gasteiger partial charge in [-0.2, -0.15) is 0 Å². The number of hydrogen-bond acceptors (Lipinski definition) is 12. The Kier molecular flexibility index (Phi) is 32.1. The molecule has 0 aliphatic carbocycles. The molecule has 12 atom stereocenters. The molecule has 0 radical (unpaired) electrons. The first-order valence-corrected chi connectivity index (χ1v) is 31.2. The van der Waals surface area contributed by atoms with Crippen molar-refractivity contribution >= 4 is 65.0 Å². The summed E-state index contributed by atoms with van der Waals surface area (Å²) < 4.78 is 0. The maximum absolute atomic E-state index is 15.2. The quantitative estimate of drug-likeness (QED) is 0.108. The van der Waals surface area contributed by atoms with Gasteiger partial charge in [-0.15, -0.1) is 0 Å². The number of nitrogens with zero attached hydrogens (tertiary/aromatic N) is 7. The van der Waals surface area contributed by atoms with Crippen molar-refractivity contribution in [3.05, 3.63) is 24.4 Å². The Hall–Kier alpha value is -6.39. The van der Waals surface area contributed by atoms with E-state index < -0.39 is 149 Å². The SMILES string of the molecule is C=C1C(=O)N(C)[C@@H](CC(C)C)C(=O)N[C@H](C(C)C)C(=O)N(C)[C@H](CC(C)C)C(=O)N[C@H](C)C(=O)N[C@@H](C)C(=O)N(C)[C@@H](CC(C)C)C(=O)N(C)[C@H](CCC(C)C)C(=O)N(C)[C@H](C(C)C)C(=O)N(C)[C@@H]([C@H](O)[C@H](C)C/C=C/C)C(=O)N[C@H](CC)C(=O)N1C. The molecule has 23 heteroatoms. The number of nitrogens with one attached hydrogen (secondary N) is 4. The van der Waals surface area contributed by atoms with Crippen LogP contribution in [-0.2, 0) is 52.7 Å². The van der Waals surface area contributed by atoms with Gasteiger partial charge < -0.3 is 60.7 Å². The molecule has 0 aromatic rings. The van der Waals surface area contributed by atoms with Crippen molar-refractivity contribution in [1.29, 1.82) is 0 Å². The Balaban J connectivity index is 4.40. The van der Waals surface area contributed by atoms with Crippen LogP contribution in [0.2, 0.25) is 0 Å². The summed E-state index contributed by atoms with van der Waals surface area (Å²) in [5.41, 5.74) is -0.362. The molecule has 0 saturated carbocycles. The number of carbonyl (C=O) groups is 11. The summed E-state index contributed by atoms with van der Waals surface area (Å²) in [7, 11) is 9.78. The number of aliphatic hydroxyl groups is 1. The van der Waals surface area contributed by atoms with E-state index in [1.54, 1.807) is 60.6 Å². The molecule has 1 aliphatic rings. The van der Waals surface area contributed by atoms with Gasteiger partial charge in [0.05, 0.1) is 6.10 Å². The average molecular weight is 1230 g/mol. The Bertz CT molecular complexity index is 2430. The van der Waals surface area contributed by atoms with Crippen LogP contribution in [0.5, 0.6) is 0 Å². The van der Waals surface area contributed by atoms with Gasteiger partial charge in [-0.05, 0) is 107 Å². The Morgan fingerprint density at radius 3 is 1.40 bits per heavy atom. The highest BCUT2D eigenvalue weighted by Crippen LogP contribution is 2.26. The van der Waals surface area contributed by atoms with Gasteiger partial charge in [0.25, 0.3) is 5.91 Å². The minimum absolute atomic E-state index is 0.0249. The summed E-state index contributed by atoms with van der Waals surface area (Å²) in [6.45, 7) is 33.9. The number of carbonyl (C=O) groups excluding carboxylic acids is 11. The highest BCUT2D eigenvalue weighted by molar-refractivity contribution is 6.02. The second kappa shape index (κ2) is 35.6. The molecule has 23 nitrogen and oxygen atoms in total. The first kappa shape index (κ1) is 78.6. The molecule has 0 aromatic carbocycles. The first-order valence-electron chi connectivity index (χ1n) is 31.2. The number of amides is 11. The molecular weight excluding hydrogens is 1110 g/mol. The van der Waals surface area contributed by atoms with Crippen LogP contribution in [0.25, 0.3) is 0 Å². The van der Waals surface area contributed by atoms with Crippen LogP contribution < -0.4 is 21.3 Å². The molecule has 87 heavy (non-hydrogen) atoms. The lowest BCUT2D eigenvalue weighted by Crippen LogP contribution is -2.63. The molecule has 1 fully saturated rings. The molecule has 1 heterocycles. The lowest BCUT2D eigenvalue weighted by Gasteiger charge is -2.41. The van der Waals surface area contributed by atoms with Crippen molar-refractivity contribution in [2.75, 3.05) is 49.3 Å². The minimum Gasteiger partial charge on any atom is -0.390 e. The smallest absolute Gasteiger partial charge is 0.270 e. The fraction of sp³-hybridized carbons (Fsp3) is 0.766. The van der Waals surface area contributed by atoms with Gasteiger partial charge >= 0.3 is 0 Å². The normalized spacial score (nSPS) is 26.6. The zero-order valence-corrected chi connectivity index (χ0v) is 57.3. The standard InChI is InChI=1S/C64H113N11O12/c1-26-28-29-41(15)53(76)52-57(80)67-45(27-2)60(83)69(19)44(18)59(82)71(21)48(33-37(7)8)56(79)68-50(39(11)12)63(86)72(22)47(32-36(5)6)55(78)65-42(16)54(77)66-43(17)58(81)73(23)49(34-38(9)10)62(85)70(20)46(31-30-35(3)4)61(84)74(24)51(40(13)14)64(87)75(52)25/h26,28,35-43,45-53,76H,18,27,29-34H2,1-17,19-25H3,(H,65,78)(H,66,77)(H,67,80)(H,68,79)/b28-26+/t41-,42-,43+,45-,46-,47-,48+,49+,50-,51-,52+,53-/m1/s1. The third kappa shape index (κ3) is 21.7. The number of rotatable bonds is 16. The predicted octanol–water partition coefficient (Wildman–Crippen LogP) is 4.17. The summed E-state index contributed by atoms with van der Waals surface area (Å²) in [6, 6.07) is -12.6. The highest BCUT2D eigenvalue weighted by Gasteiger charge is 2.46. The minimum atomic E-state index is -1.64. The molecule has 5 N–H and O–H groups in total. The maximum Gasteiger partial charge on any atom is 0.270 e. The molecule has 0 unspecified atom stereocenters. The molecule has 1 aliphatic heterocycles. The number of hydrogen-bond donors (Lipinski definition) is 5. The maximum atomic E-state index is 15.2. The van der Waals surface area contributed by atoms with Crippen molar-refractivity contribution in [3.63, 3.8) is 0 Å². The summed E-state index contributed by atoms with van der Waals surface area (Å²) in [6.07, 6.45) is 3.38. The zero-order chi connectivity index (χ0) is 67.6. The summed E-state index contributed by atoms with van der Waals surface area (Å²) in [4.78, 5) is 169. The summed E-state index contributed by atoms with van der Waals surface area (Å²) >= 11 is 0. The summed E-state index contributed by atoms with van der Waals surface area (Å²) in [5, 5.41) is 23.1.